The highest BCUT2D eigenvalue weighted by Crippen LogP contribution is 2.30. The Kier molecular flexibility index (Phi) is 4.35. The van der Waals surface area contributed by atoms with E-state index in [0.29, 0.717) is 28.1 Å². The summed E-state index contributed by atoms with van der Waals surface area (Å²) in [6, 6.07) is 14.2. The van der Waals surface area contributed by atoms with Gasteiger partial charge in [-0.25, -0.2) is 0 Å². The smallest absolute Gasteiger partial charge is 0.256 e. The predicted molar refractivity (Wildman–Crippen MR) is 96.3 cm³/mol. The molecule has 6 heteroatoms. The van der Waals surface area contributed by atoms with Crippen LogP contribution in [0.4, 0.5) is 5.82 Å². The van der Waals surface area contributed by atoms with Crippen LogP contribution in [0.5, 0.6) is 0 Å². The first kappa shape index (κ1) is 16.4. The summed E-state index contributed by atoms with van der Waals surface area (Å²) in [4.78, 5) is 24.2. The van der Waals surface area contributed by atoms with Gasteiger partial charge in [-0.3, -0.25) is 14.3 Å². The molecule has 3 N–H and O–H groups in total. The van der Waals surface area contributed by atoms with Gasteiger partial charge < -0.3 is 11.1 Å². The van der Waals surface area contributed by atoms with Gasteiger partial charge in [0, 0.05) is 29.9 Å². The number of aryl methyl sites for hydroxylation is 2. The lowest BCUT2D eigenvalue weighted by molar-refractivity contribution is 0.0998. The largest absolute Gasteiger partial charge is 0.366 e. The van der Waals surface area contributed by atoms with E-state index in [4.69, 9.17) is 5.73 Å². The molecule has 0 aliphatic heterocycles. The molecular formula is C19H18N4O2. The second kappa shape index (κ2) is 6.60. The van der Waals surface area contributed by atoms with Gasteiger partial charge in [-0.15, -0.1) is 0 Å². The van der Waals surface area contributed by atoms with Gasteiger partial charge in [0.15, 0.2) is 5.82 Å². The predicted octanol–water partition coefficient (Wildman–Crippen LogP) is 2.75. The number of carbonyl (C=O) groups excluding carboxylic acids is 2. The number of carbonyl (C=O) groups is 2. The average molecular weight is 334 g/mol. The number of benzene rings is 2. The number of hydrogen-bond donors (Lipinski definition) is 2. The van der Waals surface area contributed by atoms with E-state index in [1.54, 1.807) is 54.3 Å². The van der Waals surface area contributed by atoms with Gasteiger partial charge in [0.25, 0.3) is 5.91 Å². The Morgan fingerprint density at radius 2 is 1.72 bits per heavy atom. The maximum absolute atomic E-state index is 12.5. The highest BCUT2D eigenvalue weighted by atomic mass is 16.2. The highest BCUT2D eigenvalue weighted by Gasteiger charge is 2.18. The molecule has 25 heavy (non-hydrogen) atoms. The van der Waals surface area contributed by atoms with Crippen molar-refractivity contribution in [3.05, 3.63) is 71.4 Å². The van der Waals surface area contributed by atoms with Crippen LogP contribution in [0.3, 0.4) is 0 Å². The number of nitrogens with one attached hydrogen (secondary N) is 1. The first-order valence-corrected chi connectivity index (χ1v) is 7.76. The van der Waals surface area contributed by atoms with Crippen LogP contribution in [-0.4, -0.2) is 21.6 Å². The van der Waals surface area contributed by atoms with Gasteiger partial charge in [0.1, 0.15) is 0 Å². The summed E-state index contributed by atoms with van der Waals surface area (Å²) in [5.41, 5.74) is 8.71. The first-order valence-electron chi connectivity index (χ1n) is 7.76. The van der Waals surface area contributed by atoms with Crippen molar-refractivity contribution in [1.29, 1.82) is 0 Å². The number of primary amides is 1. The van der Waals surface area contributed by atoms with Crippen molar-refractivity contribution in [2.75, 3.05) is 5.32 Å². The Hall–Kier alpha value is -3.41. The molecular weight excluding hydrogens is 316 g/mol. The lowest BCUT2D eigenvalue weighted by Gasteiger charge is -2.08. The Morgan fingerprint density at radius 3 is 2.40 bits per heavy atom. The van der Waals surface area contributed by atoms with Crippen molar-refractivity contribution in [3.63, 3.8) is 0 Å². The van der Waals surface area contributed by atoms with E-state index in [2.05, 4.69) is 10.4 Å². The molecule has 6 nitrogen and oxygen atoms in total. The standard InChI is InChI=1S/C19H18N4O2/c1-12-7-9-13(10-8-12)19(25)21-18-16(11-23(2)22-18)14-5-3-4-6-15(14)17(20)24/h3-11H,1-2H3,(H2,20,24)(H,21,22,25). The molecule has 0 spiro atoms. The molecule has 0 aliphatic carbocycles. The SMILES string of the molecule is Cc1ccc(C(=O)Nc2nn(C)cc2-c2ccccc2C(N)=O)cc1. The van der Waals surface area contributed by atoms with Gasteiger partial charge in [0.05, 0.1) is 0 Å². The van der Waals surface area contributed by atoms with Crippen molar-refractivity contribution >= 4 is 17.6 Å². The topological polar surface area (TPSA) is 90.0 Å². The zero-order valence-corrected chi connectivity index (χ0v) is 14.0. The van der Waals surface area contributed by atoms with Crippen LogP contribution in [0, 0.1) is 6.92 Å². The van der Waals surface area contributed by atoms with E-state index in [1.165, 1.54) is 0 Å². The number of amides is 2. The zero-order valence-electron chi connectivity index (χ0n) is 14.0. The fourth-order valence-corrected chi connectivity index (χ4v) is 2.60. The summed E-state index contributed by atoms with van der Waals surface area (Å²) in [5.74, 6) is -0.423. The maximum atomic E-state index is 12.5. The minimum absolute atomic E-state index is 0.267. The van der Waals surface area contributed by atoms with Crippen molar-refractivity contribution in [3.8, 4) is 11.1 Å². The van der Waals surface area contributed by atoms with Crippen molar-refractivity contribution in [2.24, 2.45) is 12.8 Å². The second-order valence-electron chi connectivity index (χ2n) is 5.80. The third kappa shape index (κ3) is 3.42. The fourth-order valence-electron chi connectivity index (χ4n) is 2.60. The van der Waals surface area contributed by atoms with E-state index in [1.807, 2.05) is 19.1 Å². The summed E-state index contributed by atoms with van der Waals surface area (Å²) in [5, 5.41) is 7.11. The van der Waals surface area contributed by atoms with Crippen LogP contribution in [0.2, 0.25) is 0 Å². The van der Waals surface area contributed by atoms with Gasteiger partial charge in [-0.2, -0.15) is 5.10 Å². The molecule has 3 rings (SSSR count). The molecule has 0 aliphatic rings. The van der Waals surface area contributed by atoms with E-state index >= 15 is 0 Å². The Morgan fingerprint density at radius 1 is 1.04 bits per heavy atom. The molecule has 126 valence electrons. The van der Waals surface area contributed by atoms with Gasteiger partial charge in [-0.1, -0.05) is 35.9 Å². The fraction of sp³-hybridized carbons (Fsp3) is 0.105. The number of anilines is 1. The Labute approximate surface area is 145 Å². The molecule has 0 radical (unpaired) electrons. The summed E-state index contributed by atoms with van der Waals surface area (Å²) in [6.07, 6.45) is 1.74. The van der Waals surface area contributed by atoms with Crippen LogP contribution in [0.15, 0.2) is 54.7 Å². The molecule has 2 amide bonds. The molecule has 1 heterocycles. The van der Waals surface area contributed by atoms with E-state index in [9.17, 15) is 9.59 Å². The third-order valence-electron chi connectivity index (χ3n) is 3.86. The Bertz CT molecular complexity index is 942. The number of nitrogens with zero attached hydrogens (tertiary/aromatic N) is 2. The van der Waals surface area contributed by atoms with E-state index in [0.717, 1.165) is 5.56 Å². The van der Waals surface area contributed by atoms with Crippen LogP contribution < -0.4 is 11.1 Å². The van der Waals surface area contributed by atoms with Crippen LogP contribution in [0.1, 0.15) is 26.3 Å². The van der Waals surface area contributed by atoms with Crippen LogP contribution in [0.25, 0.3) is 11.1 Å². The van der Waals surface area contributed by atoms with Gasteiger partial charge >= 0.3 is 0 Å². The van der Waals surface area contributed by atoms with E-state index in [-0.39, 0.29) is 5.91 Å². The average Bonchev–Trinajstić information content (AvgIpc) is 2.95. The molecule has 3 aromatic rings. The summed E-state index contributed by atoms with van der Waals surface area (Å²) >= 11 is 0. The molecule has 0 saturated heterocycles. The van der Waals surface area contributed by atoms with Crippen LogP contribution in [-0.2, 0) is 7.05 Å². The number of nitrogens with two attached hydrogens (primary N) is 1. The minimum atomic E-state index is -0.532. The van der Waals surface area contributed by atoms with Crippen molar-refractivity contribution in [2.45, 2.75) is 6.92 Å². The third-order valence-corrected chi connectivity index (χ3v) is 3.86. The first-order chi connectivity index (χ1) is 12.0. The second-order valence-corrected chi connectivity index (χ2v) is 5.80. The van der Waals surface area contributed by atoms with Crippen molar-refractivity contribution < 1.29 is 9.59 Å². The summed E-state index contributed by atoms with van der Waals surface area (Å²) < 4.78 is 1.58. The quantitative estimate of drug-likeness (QED) is 0.768. The van der Waals surface area contributed by atoms with Gasteiger partial charge in [0.2, 0.25) is 5.91 Å². The molecule has 0 fully saturated rings. The minimum Gasteiger partial charge on any atom is -0.366 e. The molecule has 1 aromatic heterocycles. The molecule has 0 atom stereocenters. The van der Waals surface area contributed by atoms with E-state index < -0.39 is 5.91 Å². The maximum Gasteiger partial charge on any atom is 0.256 e. The number of hydrogen-bond acceptors (Lipinski definition) is 3. The Balaban J connectivity index is 1.98. The molecule has 0 bridgehead atoms. The molecule has 0 unspecified atom stereocenters. The monoisotopic (exact) mass is 334 g/mol. The number of aromatic nitrogens is 2. The summed E-state index contributed by atoms with van der Waals surface area (Å²) in [6.45, 7) is 1.96. The normalized spacial score (nSPS) is 10.5. The lowest BCUT2D eigenvalue weighted by Crippen LogP contribution is -2.14. The van der Waals surface area contributed by atoms with Gasteiger partial charge in [-0.05, 0) is 30.7 Å². The molecule has 0 saturated carbocycles. The lowest BCUT2D eigenvalue weighted by atomic mass is 10.0. The summed E-state index contributed by atoms with van der Waals surface area (Å²) in [7, 11) is 1.75. The number of rotatable bonds is 4. The zero-order chi connectivity index (χ0) is 18.0. The van der Waals surface area contributed by atoms with Crippen LogP contribution >= 0.6 is 0 Å². The molecule has 2 aromatic carbocycles. The van der Waals surface area contributed by atoms with Crippen molar-refractivity contribution in [1.82, 2.24) is 9.78 Å². The highest BCUT2D eigenvalue weighted by molar-refractivity contribution is 6.07.